The Kier molecular flexibility index (Phi) is 10.1. The number of aliphatic imine (C=N–C) groups is 1. The van der Waals surface area contributed by atoms with E-state index in [0.29, 0.717) is 12.5 Å². The summed E-state index contributed by atoms with van der Waals surface area (Å²) in [6.07, 6.45) is 0.523. The number of halogens is 3. The van der Waals surface area contributed by atoms with E-state index >= 15 is 0 Å². The van der Waals surface area contributed by atoms with Gasteiger partial charge >= 0.3 is 0 Å². The molecule has 0 bridgehead atoms. The number of rotatable bonds is 6. The Morgan fingerprint density at radius 3 is 2.26 bits per heavy atom. The van der Waals surface area contributed by atoms with Crippen LogP contribution in [0.15, 0.2) is 47.5 Å². The van der Waals surface area contributed by atoms with Crippen LogP contribution in [0.3, 0.4) is 0 Å². The number of morpholine rings is 1. The molecule has 1 aliphatic rings. The fourth-order valence-electron chi connectivity index (χ4n) is 3.70. The molecule has 2 N–H and O–H groups in total. The van der Waals surface area contributed by atoms with Gasteiger partial charge in [-0.05, 0) is 43.2 Å². The van der Waals surface area contributed by atoms with Crippen LogP contribution < -0.4 is 10.6 Å². The van der Waals surface area contributed by atoms with Crippen LogP contribution in [0.5, 0.6) is 0 Å². The molecule has 2 unspecified atom stereocenters. The van der Waals surface area contributed by atoms with Gasteiger partial charge in [0.15, 0.2) is 5.96 Å². The quantitative estimate of drug-likeness (QED) is 0.328. The van der Waals surface area contributed by atoms with E-state index < -0.39 is 11.6 Å². The van der Waals surface area contributed by atoms with Gasteiger partial charge in [-0.3, -0.25) is 9.89 Å². The first-order valence-corrected chi connectivity index (χ1v) is 10.3. The average molecular weight is 544 g/mol. The number of nitrogens with zero attached hydrogens (tertiary/aromatic N) is 2. The number of ether oxygens (including phenoxy) is 1. The summed E-state index contributed by atoms with van der Waals surface area (Å²) in [7, 11) is 1.64. The molecule has 1 saturated heterocycles. The van der Waals surface area contributed by atoms with E-state index in [1.54, 1.807) is 7.05 Å². The molecule has 0 spiro atoms. The molecule has 1 fully saturated rings. The molecule has 3 rings (SSSR count). The molecule has 0 aromatic heterocycles. The number of hydrogen-bond donors (Lipinski definition) is 2. The Bertz CT molecular complexity index is 853. The average Bonchev–Trinajstić information content (AvgIpc) is 2.71. The van der Waals surface area contributed by atoms with Gasteiger partial charge in [-0.25, -0.2) is 8.78 Å². The number of guanidine groups is 1. The van der Waals surface area contributed by atoms with Crippen molar-refractivity contribution in [3.8, 4) is 0 Å². The van der Waals surface area contributed by atoms with Crippen LogP contribution in [-0.2, 0) is 24.4 Å². The Morgan fingerprint density at radius 2 is 1.61 bits per heavy atom. The second-order valence-corrected chi connectivity index (χ2v) is 7.78. The Morgan fingerprint density at radius 1 is 1.00 bits per heavy atom. The van der Waals surface area contributed by atoms with Gasteiger partial charge < -0.3 is 15.4 Å². The van der Waals surface area contributed by atoms with Crippen molar-refractivity contribution >= 4 is 29.9 Å². The van der Waals surface area contributed by atoms with Crippen LogP contribution in [0.25, 0.3) is 0 Å². The third kappa shape index (κ3) is 8.01. The third-order valence-electron chi connectivity index (χ3n) is 5.06. The summed E-state index contributed by atoms with van der Waals surface area (Å²) in [6, 6.07) is 11.9. The summed E-state index contributed by atoms with van der Waals surface area (Å²) in [5.74, 6) is -0.379. The summed E-state index contributed by atoms with van der Waals surface area (Å²) in [6.45, 7) is 7.76. The zero-order valence-electron chi connectivity index (χ0n) is 18.2. The molecular weight excluding hydrogens is 513 g/mol. The third-order valence-corrected chi connectivity index (χ3v) is 5.06. The van der Waals surface area contributed by atoms with Gasteiger partial charge in [0.25, 0.3) is 0 Å². The van der Waals surface area contributed by atoms with Crippen LogP contribution in [0.4, 0.5) is 8.78 Å². The van der Waals surface area contributed by atoms with E-state index in [-0.39, 0.29) is 48.3 Å². The lowest BCUT2D eigenvalue weighted by atomic mass is 10.1. The molecule has 1 aliphatic heterocycles. The van der Waals surface area contributed by atoms with Crippen molar-refractivity contribution < 1.29 is 13.5 Å². The number of benzene rings is 2. The maximum atomic E-state index is 13.7. The molecule has 2 aromatic carbocycles. The van der Waals surface area contributed by atoms with Crippen LogP contribution in [0, 0.1) is 11.6 Å². The van der Waals surface area contributed by atoms with Crippen LogP contribution in [0.2, 0.25) is 0 Å². The standard InChI is InChI=1S/C23H30F2N4O.HI/c1-16-13-29(14-17(2)30-16)15-19-6-4-18(5-7-19)11-27-23(26-3)28-12-20-10-21(24)8-9-22(20)25;/h4-10,16-17H,11-15H2,1-3H3,(H2,26,27,28);1H. The zero-order chi connectivity index (χ0) is 21.5. The van der Waals surface area contributed by atoms with Gasteiger partial charge in [0.2, 0.25) is 0 Å². The predicted molar refractivity (Wildman–Crippen MR) is 131 cm³/mol. The molecule has 0 radical (unpaired) electrons. The van der Waals surface area contributed by atoms with Gasteiger partial charge in [-0.2, -0.15) is 0 Å². The summed E-state index contributed by atoms with van der Waals surface area (Å²) >= 11 is 0. The molecule has 2 atom stereocenters. The van der Waals surface area contributed by atoms with Crippen molar-refractivity contribution in [2.24, 2.45) is 4.99 Å². The molecule has 2 aromatic rings. The van der Waals surface area contributed by atoms with Crippen molar-refractivity contribution in [2.45, 2.75) is 45.7 Å². The summed E-state index contributed by atoms with van der Waals surface area (Å²) in [4.78, 5) is 6.56. The SMILES string of the molecule is CN=C(NCc1ccc(CN2CC(C)OC(C)C2)cc1)NCc1cc(F)ccc1F.I. The van der Waals surface area contributed by atoms with E-state index in [2.05, 4.69) is 58.6 Å². The van der Waals surface area contributed by atoms with E-state index in [4.69, 9.17) is 4.74 Å². The first kappa shape index (κ1) is 25.5. The first-order valence-electron chi connectivity index (χ1n) is 10.3. The van der Waals surface area contributed by atoms with Gasteiger partial charge in [0.1, 0.15) is 11.6 Å². The van der Waals surface area contributed by atoms with Gasteiger partial charge in [-0.1, -0.05) is 24.3 Å². The van der Waals surface area contributed by atoms with Gasteiger partial charge in [0, 0.05) is 45.3 Å². The first-order chi connectivity index (χ1) is 14.4. The van der Waals surface area contributed by atoms with Crippen molar-refractivity contribution in [3.05, 3.63) is 70.8 Å². The highest BCUT2D eigenvalue weighted by Gasteiger charge is 2.21. The minimum Gasteiger partial charge on any atom is -0.373 e. The lowest BCUT2D eigenvalue weighted by Crippen LogP contribution is -2.44. The maximum absolute atomic E-state index is 13.7. The van der Waals surface area contributed by atoms with E-state index in [1.165, 1.54) is 11.6 Å². The maximum Gasteiger partial charge on any atom is 0.191 e. The van der Waals surface area contributed by atoms with Crippen LogP contribution >= 0.6 is 24.0 Å². The van der Waals surface area contributed by atoms with Crippen molar-refractivity contribution in [1.82, 2.24) is 15.5 Å². The summed E-state index contributed by atoms with van der Waals surface area (Å²) in [5, 5.41) is 6.21. The normalized spacial score (nSPS) is 19.6. The van der Waals surface area contributed by atoms with E-state index in [1.807, 2.05) is 0 Å². The van der Waals surface area contributed by atoms with Crippen molar-refractivity contribution in [3.63, 3.8) is 0 Å². The summed E-state index contributed by atoms with van der Waals surface area (Å²) in [5.41, 5.74) is 2.64. The second kappa shape index (κ2) is 12.3. The lowest BCUT2D eigenvalue weighted by Gasteiger charge is -2.35. The Balaban J connectivity index is 0.00000341. The Labute approximate surface area is 200 Å². The lowest BCUT2D eigenvalue weighted by molar-refractivity contribution is -0.0704. The largest absolute Gasteiger partial charge is 0.373 e. The van der Waals surface area contributed by atoms with E-state index in [9.17, 15) is 8.78 Å². The predicted octanol–water partition coefficient (Wildman–Crippen LogP) is 4.06. The molecule has 8 heteroatoms. The molecule has 31 heavy (non-hydrogen) atoms. The number of hydrogen-bond acceptors (Lipinski definition) is 3. The van der Waals surface area contributed by atoms with Gasteiger partial charge in [0.05, 0.1) is 12.2 Å². The summed E-state index contributed by atoms with van der Waals surface area (Å²) < 4.78 is 32.8. The highest BCUT2D eigenvalue weighted by molar-refractivity contribution is 14.0. The molecular formula is C23H31F2IN4O. The minimum absolute atomic E-state index is 0. The molecule has 1 heterocycles. The van der Waals surface area contributed by atoms with Gasteiger partial charge in [-0.15, -0.1) is 24.0 Å². The second-order valence-electron chi connectivity index (χ2n) is 7.78. The highest BCUT2D eigenvalue weighted by Crippen LogP contribution is 2.15. The minimum atomic E-state index is -0.461. The molecule has 5 nitrogen and oxygen atoms in total. The zero-order valence-corrected chi connectivity index (χ0v) is 20.5. The number of nitrogens with one attached hydrogen (secondary N) is 2. The Hall–Kier alpha value is -1.78. The smallest absolute Gasteiger partial charge is 0.191 e. The molecule has 0 saturated carbocycles. The van der Waals surface area contributed by atoms with Crippen molar-refractivity contribution in [2.75, 3.05) is 20.1 Å². The fourth-order valence-corrected chi connectivity index (χ4v) is 3.70. The molecule has 0 amide bonds. The topological polar surface area (TPSA) is 48.9 Å². The monoisotopic (exact) mass is 544 g/mol. The molecule has 0 aliphatic carbocycles. The highest BCUT2D eigenvalue weighted by atomic mass is 127. The van der Waals surface area contributed by atoms with Crippen molar-refractivity contribution in [1.29, 1.82) is 0 Å². The molecule has 170 valence electrons. The van der Waals surface area contributed by atoms with E-state index in [0.717, 1.165) is 37.3 Å². The van der Waals surface area contributed by atoms with Crippen LogP contribution in [0.1, 0.15) is 30.5 Å². The fraction of sp³-hybridized carbons (Fsp3) is 0.435. The van der Waals surface area contributed by atoms with Crippen LogP contribution in [-0.4, -0.2) is 43.2 Å².